The summed E-state index contributed by atoms with van der Waals surface area (Å²) in [6.45, 7) is 2.81. The normalized spacial score (nSPS) is 11.2. The van der Waals surface area contributed by atoms with E-state index in [1.807, 2.05) is 11.9 Å². The number of carboxylic acids is 2. The van der Waals surface area contributed by atoms with Gasteiger partial charge in [-0.25, -0.2) is 18.0 Å². The lowest BCUT2D eigenvalue weighted by atomic mass is 10.1. The summed E-state index contributed by atoms with van der Waals surface area (Å²) in [6.07, 6.45) is -3.13. The zero-order valence-corrected chi connectivity index (χ0v) is 18.1. The fourth-order valence-electron chi connectivity index (χ4n) is 2.40. The van der Waals surface area contributed by atoms with Crippen LogP contribution in [0.2, 0.25) is 0 Å². The number of alkyl halides is 3. The smallest absolute Gasteiger partial charge is 0.478 e. The van der Waals surface area contributed by atoms with E-state index in [9.17, 15) is 31.5 Å². The van der Waals surface area contributed by atoms with Crippen molar-refractivity contribution in [1.29, 1.82) is 0 Å². The molecule has 0 saturated carbocycles. The van der Waals surface area contributed by atoms with E-state index in [1.54, 1.807) is 24.3 Å². The van der Waals surface area contributed by atoms with Crippen LogP contribution in [0.1, 0.15) is 30.1 Å². The van der Waals surface area contributed by atoms with Crippen LogP contribution < -0.4 is 9.62 Å². The number of carbonyl (C=O) groups is 2. The molecule has 0 aliphatic carbocycles. The maximum Gasteiger partial charge on any atom is 0.490 e. The molecule has 0 aromatic heterocycles. The number of nitrogens with zero attached hydrogens (tertiary/aromatic N) is 1. The molecule has 0 bridgehead atoms. The van der Waals surface area contributed by atoms with Crippen molar-refractivity contribution in [2.75, 3.05) is 23.2 Å². The summed E-state index contributed by atoms with van der Waals surface area (Å²) < 4.78 is 59.4. The molecule has 2 aromatic rings. The molecule has 12 heteroatoms. The largest absolute Gasteiger partial charge is 0.490 e. The summed E-state index contributed by atoms with van der Waals surface area (Å²) in [7, 11) is -1.95. The van der Waals surface area contributed by atoms with Gasteiger partial charge in [-0.05, 0) is 36.8 Å². The van der Waals surface area contributed by atoms with Crippen molar-refractivity contribution < 1.29 is 41.4 Å². The number of rotatable bonds is 8. The van der Waals surface area contributed by atoms with E-state index in [2.05, 4.69) is 11.6 Å². The molecule has 0 saturated heterocycles. The molecular weight excluding hydrogens is 453 g/mol. The molecule has 32 heavy (non-hydrogen) atoms. The molecule has 0 aliphatic heterocycles. The fourth-order valence-corrected chi connectivity index (χ4v) is 3.49. The quantitative estimate of drug-likeness (QED) is 0.525. The Labute approximate surface area is 183 Å². The van der Waals surface area contributed by atoms with Crippen LogP contribution in [-0.2, 0) is 14.8 Å². The number of aliphatic carboxylic acids is 1. The first kappa shape index (κ1) is 26.8. The fraction of sp³-hybridized carbons (Fsp3) is 0.300. The van der Waals surface area contributed by atoms with Crippen molar-refractivity contribution in [1.82, 2.24) is 0 Å². The number of carboxylic acid groups (broad SMARTS) is 2. The summed E-state index contributed by atoms with van der Waals surface area (Å²) >= 11 is 0. The number of nitrogens with one attached hydrogen (secondary N) is 1. The second-order valence-electron chi connectivity index (χ2n) is 6.53. The first-order chi connectivity index (χ1) is 14.8. The number of halogens is 3. The van der Waals surface area contributed by atoms with Crippen LogP contribution in [0.25, 0.3) is 0 Å². The number of anilines is 2. The lowest BCUT2D eigenvalue weighted by molar-refractivity contribution is -0.192. The summed E-state index contributed by atoms with van der Waals surface area (Å²) in [5.41, 5.74) is 0.915. The lowest BCUT2D eigenvalue weighted by Gasteiger charge is -2.23. The van der Waals surface area contributed by atoms with E-state index in [1.165, 1.54) is 24.3 Å². The van der Waals surface area contributed by atoms with E-state index < -0.39 is 28.1 Å². The number of unbranched alkanes of at least 4 members (excludes halogenated alkanes) is 1. The van der Waals surface area contributed by atoms with Crippen LogP contribution in [0.3, 0.4) is 0 Å². The van der Waals surface area contributed by atoms with Gasteiger partial charge in [0.15, 0.2) is 0 Å². The van der Waals surface area contributed by atoms with Crippen LogP contribution in [0.15, 0.2) is 53.4 Å². The van der Waals surface area contributed by atoms with Gasteiger partial charge in [0, 0.05) is 13.6 Å². The van der Waals surface area contributed by atoms with Crippen LogP contribution in [0, 0.1) is 0 Å². The van der Waals surface area contributed by atoms with Crippen molar-refractivity contribution in [2.45, 2.75) is 30.8 Å². The molecule has 176 valence electrons. The van der Waals surface area contributed by atoms with Crippen LogP contribution in [0.4, 0.5) is 24.5 Å². The van der Waals surface area contributed by atoms with Gasteiger partial charge in [-0.15, -0.1) is 0 Å². The SMILES string of the molecule is CCCCN(C)c1ccc(C(=O)O)cc1NS(=O)(=O)c1ccccc1.O=C(O)C(F)(F)F. The molecule has 0 heterocycles. The van der Waals surface area contributed by atoms with Gasteiger partial charge < -0.3 is 15.1 Å². The first-order valence-electron chi connectivity index (χ1n) is 9.26. The van der Waals surface area contributed by atoms with Crippen LogP contribution in [0.5, 0.6) is 0 Å². The molecule has 0 radical (unpaired) electrons. The molecule has 2 aromatic carbocycles. The Morgan fingerprint density at radius 1 is 1.06 bits per heavy atom. The van der Waals surface area contributed by atoms with Crippen molar-refractivity contribution in [3.63, 3.8) is 0 Å². The zero-order chi connectivity index (χ0) is 24.5. The monoisotopic (exact) mass is 476 g/mol. The number of aromatic carboxylic acids is 1. The highest BCUT2D eigenvalue weighted by molar-refractivity contribution is 7.92. The minimum Gasteiger partial charge on any atom is -0.478 e. The highest BCUT2D eigenvalue weighted by atomic mass is 32.2. The predicted octanol–water partition coefficient (Wildman–Crippen LogP) is 4.06. The number of benzene rings is 2. The third-order valence-corrected chi connectivity index (χ3v) is 5.42. The highest BCUT2D eigenvalue weighted by Crippen LogP contribution is 2.29. The molecule has 0 fully saturated rings. The van der Waals surface area contributed by atoms with Crippen LogP contribution >= 0.6 is 0 Å². The van der Waals surface area contributed by atoms with Crippen LogP contribution in [-0.4, -0.2) is 50.3 Å². The summed E-state index contributed by atoms with van der Waals surface area (Å²) in [6, 6.07) is 12.4. The Kier molecular flexibility index (Phi) is 9.51. The average Bonchev–Trinajstić information content (AvgIpc) is 2.72. The van der Waals surface area contributed by atoms with E-state index in [-0.39, 0.29) is 16.1 Å². The van der Waals surface area contributed by atoms with Gasteiger partial charge >= 0.3 is 18.1 Å². The van der Waals surface area contributed by atoms with E-state index in [0.29, 0.717) is 5.69 Å². The van der Waals surface area contributed by atoms with Crippen molar-refractivity contribution in [2.24, 2.45) is 0 Å². The molecule has 0 unspecified atom stereocenters. The molecule has 3 N–H and O–H groups in total. The first-order valence-corrected chi connectivity index (χ1v) is 10.7. The Morgan fingerprint density at radius 3 is 2.09 bits per heavy atom. The summed E-state index contributed by atoms with van der Waals surface area (Å²) in [5, 5.41) is 16.3. The van der Waals surface area contributed by atoms with E-state index in [0.717, 1.165) is 19.4 Å². The summed E-state index contributed by atoms with van der Waals surface area (Å²) in [5.74, 6) is -3.87. The lowest BCUT2D eigenvalue weighted by Crippen LogP contribution is -2.22. The van der Waals surface area contributed by atoms with Gasteiger partial charge in [0.05, 0.1) is 21.8 Å². The van der Waals surface area contributed by atoms with Crippen molar-refractivity contribution >= 4 is 33.3 Å². The number of hydrogen-bond acceptors (Lipinski definition) is 5. The summed E-state index contributed by atoms with van der Waals surface area (Å²) in [4.78, 5) is 22.2. The molecule has 0 aliphatic rings. The van der Waals surface area contributed by atoms with Crippen molar-refractivity contribution in [3.8, 4) is 0 Å². The molecule has 8 nitrogen and oxygen atoms in total. The highest BCUT2D eigenvalue weighted by Gasteiger charge is 2.38. The predicted molar refractivity (Wildman–Crippen MR) is 113 cm³/mol. The molecule has 0 spiro atoms. The maximum atomic E-state index is 12.6. The standard InChI is InChI=1S/C18H22N2O4S.C2HF3O2/c1-3-4-12-20(2)17-11-10-14(18(21)22)13-16(17)19-25(23,24)15-8-6-5-7-9-15;3-2(4,5)1(6)7/h5-11,13,19H,3-4,12H2,1-2H3,(H,21,22);(H,6,7). The van der Waals surface area contributed by atoms with Gasteiger partial charge in [-0.3, -0.25) is 4.72 Å². The third kappa shape index (κ3) is 8.10. The second-order valence-corrected chi connectivity index (χ2v) is 8.22. The minimum absolute atomic E-state index is 0.0263. The van der Waals surface area contributed by atoms with Gasteiger partial charge in [0.2, 0.25) is 0 Å². The molecule has 0 atom stereocenters. The van der Waals surface area contributed by atoms with E-state index >= 15 is 0 Å². The number of sulfonamides is 1. The third-order valence-electron chi connectivity index (χ3n) is 4.04. The second kappa shape index (κ2) is 11.4. The maximum absolute atomic E-state index is 12.6. The number of hydrogen-bond donors (Lipinski definition) is 3. The van der Waals surface area contributed by atoms with Gasteiger partial charge in [0.1, 0.15) is 0 Å². The van der Waals surface area contributed by atoms with Crippen molar-refractivity contribution in [3.05, 3.63) is 54.1 Å². The van der Waals surface area contributed by atoms with Gasteiger partial charge in [-0.1, -0.05) is 31.5 Å². The Balaban J connectivity index is 0.000000633. The molecule has 2 rings (SSSR count). The van der Waals surface area contributed by atoms with Gasteiger partial charge in [0.25, 0.3) is 10.0 Å². The minimum atomic E-state index is -5.08. The zero-order valence-electron chi connectivity index (χ0n) is 17.3. The van der Waals surface area contributed by atoms with Gasteiger partial charge in [-0.2, -0.15) is 13.2 Å². The topological polar surface area (TPSA) is 124 Å². The Morgan fingerprint density at radius 2 is 1.62 bits per heavy atom. The Bertz CT molecular complexity index is 1030. The average molecular weight is 476 g/mol. The molecular formula is C20H23F3N2O6S. The molecule has 0 amide bonds. The van der Waals surface area contributed by atoms with E-state index in [4.69, 9.17) is 9.90 Å². The Hall–Kier alpha value is -3.28.